The number of aryl methyl sites for hydroxylation is 1. The van der Waals surface area contributed by atoms with E-state index in [1.54, 1.807) is 6.07 Å². The van der Waals surface area contributed by atoms with Crippen molar-refractivity contribution in [2.45, 2.75) is 32.4 Å². The van der Waals surface area contributed by atoms with E-state index in [9.17, 15) is 4.39 Å². The first-order valence-corrected chi connectivity index (χ1v) is 8.13. The lowest BCUT2D eigenvalue weighted by Gasteiger charge is -2.36. The van der Waals surface area contributed by atoms with Crippen LogP contribution in [0.5, 0.6) is 0 Å². The Bertz CT molecular complexity index is 847. The average Bonchev–Trinajstić information content (AvgIpc) is 3.07. The van der Waals surface area contributed by atoms with Gasteiger partial charge >= 0.3 is 0 Å². The minimum absolute atomic E-state index is 0.188. The molecule has 0 unspecified atom stereocenters. The van der Waals surface area contributed by atoms with Crippen molar-refractivity contribution in [1.29, 1.82) is 0 Å². The molecule has 3 aromatic rings. The van der Waals surface area contributed by atoms with Crippen LogP contribution < -0.4 is 4.90 Å². The van der Waals surface area contributed by atoms with Crippen molar-refractivity contribution in [3.05, 3.63) is 65.8 Å². The van der Waals surface area contributed by atoms with Gasteiger partial charge in [0.25, 0.3) is 0 Å². The molecule has 1 aliphatic rings. The molecule has 1 aromatic heterocycles. The van der Waals surface area contributed by atoms with Crippen molar-refractivity contribution in [1.82, 2.24) is 10.2 Å². The van der Waals surface area contributed by atoms with Crippen LogP contribution >= 0.6 is 0 Å². The fourth-order valence-corrected chi connectivity index (χ4v) is 3.19. The van der Waals surface area contributed by atoms with Crippen LogP contribution in [0.4, 0.5) is 10.1 Å². The third kappa shape index (κ3) is 2.77. The second kappa shape index (κ2) is 6.07. The van der Waals surface area contributed by atoms with Gasteiger partial charge in [-0.25, -0.2) is 4.39 Å². The Morgan fingerprint density at radius 1 is 1.17 bits per heavy atom. The molecule has 0 fully saturated rings. The van der Waals surface area contributed by atoms with E-state index >= 15 is 0 Å². The molecule has 0 saturated heterocycles. The molecule has 122 valence electrons. The van der Waals surface area contributed by atoms with Gasteiger partial charge < -0.3 is 9.32 Å². The monoisotopic (exact) mass is 323 g/mol. The number of hydrogen-bond donors (Lipinski definition) is 0. The van der Waals surface area contributed by atoms with E-state index in [-0.39, 0.29) is 5.82 Å². The lowest BCUT2D eigenvalue weighted by Crippen LogP contribution is -2.36. The normalized spacial score (nSPS) is 16.9. The largest absolute Gasteiger partial charge is 0.419 e. The quantitative estimate of drug-likeness (QED) is 0.724. The zero-order valence-corrected chi connectivity index (χ0v) is 13.4. The number of hydrogen-bond acceptors (Lipinski definition) is 4. The molecule has 0 N–H and O–H groups in total. The Morgan fingerprint density at radius 2 is 2.00 bits per heavy atom. The van der Waals surface area contributed by atoms with Crippen LogP contribution in [0.25, 0.3) is 11.5 Å². The van der Waals surface area contributed by atoms with Gasteiger partial charge in [-0.05, 0) is 55.7 Å². The van der Waals surface area contributed by atoms with Crippen molar-refractivity contribution in [2.75, 3.05) is 4.90 Å². The first-order valence-electron chi connectivity index (χ1n) is 8.13. The molecule has 5 heteroatoms. The van der Waals surface area contributed by atoms with Crippen LogP contribution in [-0.2, 0) is 13.0 Å². The lowest BCUT2D eigenvalue weighted by atomic mass is 9.96. The summed E-state index contributed by atoms with van der Waals surface area (Å²) in [7, 11) is 0. The zero-order chi connectivity index (χ0) is 16.5. The molecule has 0 amide bonds. The highest BCUT2D eigenvalue weighted by atomic mass is 19.1. The van der Waals surface area contributed by atoms with Crippen LogP contribution in [-0.4, -0.2) is 16.2 Å². The standard InChI is InChI=1S/C19H18FN3O/c1-13-7-8-15-11-16(20)9-10-17(15)23(13)12-18-21-22-19(24-18)14-5-3-2-4-6-14/h2-6,9-11,13H,7-8,12H2,1H3/t13-/m1/s1. The van der Waals surface area contributed by atoms with E-state index < -0.39 is 0 Å². The Hall–Kier alpha value is -2.69. The van der Waals surface area contributed by atoms with E-state index in [1.165, 1.54) is 6.07 Å². The highest BCUT2D eigenvalue weighted by Crippen LogP contribution is 2.32. The molecular formula is C19H18FN3O. The number of rotatable bonds is 3. The average molecular weight is 323 g/mol. The number of aromatic nitrogens is 2. The van der Waals surface area contributed by atoms with Crippen LogP contribution in [0, 0.1) is 5.82 Å². The number of halogens is 1. The molecule has 0 saturated carbocycles. The van der Waals surface area contributed by atoms with Crippen molar-refractivity contribution in [3.8, 4) is 11.5 Å². The van der Waals surface area contributed by atoms with E-state index in [0.717, 1.165) is 29.7 Å². The zero-order valence-electron chi connectivity index (χ0n) is 13.4. The summed E-state index contributed by atoms with van der Waals surface area (Å²) in [5, 5.41) is 8.32. The van der Waals surface area contributed by atoms with Gasteiger partial charge in [0.2, 0.25) is 11.8 Å². The summed E-state index contributed by atoms with van der Waals surface area (Å²) >= 11 is 0. The predicted octanol–water partition coefficient (Wildman–Crippen LogP) is 4.22. The van der Waals surface area contributed by atoms with Gasteiger partial charge in [-0.15, -0.1) is 10.2 Å². The Labute approximate surface area is 139 Å². The second-order valence-corrected chi connectivity index (χ2v) is 6.16. The van der Waals surface area contributed by atoms with Gasteiger partial charge in [0.1, 0.15) is 5.82 Å². The van der Waals surface area contributed by atoms with Gasteiger partial charge in [0.05, 0.1) is 6.54 Å². The van der Waals surface area contributed by atoms with Gasteiger partial charge in [-0.2, -0.15) is 0 Å². The number of benzene rings is 2. The molecule has 2 aromatic carbocycles. The van der Waals surface area contributed by atoms with Crippen molar-refractivity contribution >= 4 is 5.69 Å². The number of fused-ring (bicyclic) bond motifs is 1. The number of anilines is 1. The topological polar surface area (TPSA) is 42.2 Å². The Kier molecular flexibility index (Phi) is 3.76. The Morgan fingerprint density at radius 3 is 2.83 bits per heavy atom. The molecule has 0 aliphatic carbocycles. The van der Waals surface area contributed by atoms with Gasteiger partial charge in [0.15, 0.2) is 0 Å². The fraction of sp³-hybridized carbons (Fsp3) is 0.263. The third-order valence-electron chi connectivity index (χ3n) is 4.51. The van der Waals surface area contributed by atoms with Crippen LogP contribution in [0.2, 0.25) is 0 Å². The van der Waals surface area contributed by atoms with Crippen LogP contribution in [0.3, 0.4) is 0 Å². The summed E-state index contributed by atoms with van der Waals surface area (Å²) < 4.78 is 19.3. The number of nitrogens with zero attached hydrogens (tertiary/aromatic N) is 3. The van der Waals surface area contributed by atoms with Crippen molar-refractivity contribution in [3.63, 3.8) is 0 Å². The maximum atomic E-state index is 13.5. The smallest absolute Gasteiger partial charge is 0.247 e. The van der Waals surface area contributed by atoms with E-state index in [1.807, 2.05) is 36.4 Å². The van der Waals surface area contributed by atoms with Crippen LogP contribution in [0.15, 0.2) is 52.9 Å². The van der Waals surface area contributed by atoms with Gasteiger partial charge in [-0.3, -0.25) is 0 Å². The summed E-state index contributed by atoms with van der Waals surface area (Å²) in [6, 6.07) is 15.0. The van der Waals surface area contributed by atoms with Crippen molar-refractivity contribution in [2.24, 2.45) is 0 Å². The molecule has 0 bridgehead atoms. The maximum absolute atomic E-state index is 13.5. The van der Waals surface area contributed by atoms with Crippen molar-refractivity contribution < 1.29 is 8.81 Å². The molecule has 0 radical (unpaired) electrons. The minimum Gasteiger partial charge on any atom is -0.419 e. The summed E-state index contributed by atoms with van der Waals surface area (Å²) in [5.41, 5.74) is 3.00. The van der Waals surface area contributed by atoms with E-state index in [4.69, 9.17) is 4.42 Å². The molecule has 1 atom stereocenters. The first-order chi connectivity index (χ1) is 11.7. The fourth-order valence-electron chi connectivity index (χ4n) is 3.19. The molecule has 4 rings (SSSR count). The predicted molar refractivity (Wildman–Crippen MR) is 90.1 cm³/mol. The third-order valence-corrected chi connectivity index (χ3v) is 4.51. The first kappa shape index (κ1) is 14.9. The van der Waals surface area contributed by atoms with Gasteiger partial charge in [0, 0.05) is 17.3 Å². The van der Waals surface area contributed by atoms with E-state index in [0.29, 0.717) is 24.4 Å². The SMILES string of the molecule is C[C@@H]1CCc2cc(F)ccc2N1Cc1nnc(-c2ccccc2)o1. The summed E-state index contributed by atoms with van der Waals surface area (Å²) in [4.78, 5) is 2.21. The Balaban J connectivity index is 1.61. The lowest BCUT2D eigenvalue weighted by molar-refractivity contribution is 0.468. The summed E-state index contributed by atoms with van der Waals surface area (Å²) in [6.07, 6.45) is 1.87. The maximum Gasteiger partial charge on any atom is 0.247 e. The minimum atomic E-state index is -0.188. The summed E-state index contributed by atoms with van der Waals surface area (Å²) in [6.45, 7) is 2.69. The second-order valence-electron chi connectivity index (χ2n) is 6.16. The molecule has 0 spiro atoms. The molecule has 4 nitrogen and oxygen atoms in total. The molecule has 2 heterocycles. The van der Waals surface area contributed by atoms with Crippen LogP contribution in [0.1, 0.15) is 24.8 Å². The molecular weight excluding hydrogens is 305 g/mol. The highest BCUT2D eigenvalue weighted by Gasteiger charge is 2.25. The van der Waals surface area contributed by atoms with Gasteiger partial charge in [-0.1, -0.05) is 18.2 Å². The molecule has 1 aliphatic heterocycles. The highest BCUT2D eigenvalue weighted by molar-refractivity contribution is 5.57. The summed E-state index contributed by atoms with van der Waals surface area (Å²) in [5.74, 6) is 0.903. The molecule has 24 heavy (non-hydrogen) atoms. The van der Waals surface area contributed by atoms with E-state index in [2.05, 4.69) is 22.0 Å².